The molecule has 140 valence electrons. The van der Waals surface area contributed by atoms with Crippen LogP contribution in [0.15, 0.2) is 22.6 Å². The molecule has 1 aliphatic heterocycles. The van der Waals surface area contributed by atoms with Gasteiger partial charge < -0.3 is 23.5 Å². The number of aryl methyl sites for hydroxylation is 1. The highest BCUT2D eigenvalue weighted by molar-refractivity contribution is 5.76. The number of rotatable bonds is 8. The molecule has 0 spiro atoms. The summed E-state index contributed by atoms with van der Waals surface area (Å²) in [6.07, 6.45) is 0.706. The Hall–Kier alpha value is -2.61. The Morgan fingerprint density at radius 3 is 2.85 bits per heavy atom. The van der Waals surface area contributed by atoms with E-state index in [0.29, 0.717) is 49.3 Å². The maximum Gasteiger partial charge on any atom is 0.247 e. The molecule has 3 rings (SSSR count). The summed E-state index contributed by atoms with van der Waals surface area (Å²) in [4.78, 5) is 14.2. The van der Waals surface area contributed by atoms with Gasteiger partial charge in [-0.05, 0) is 32.0 Å². The van der Waals surface area contributed by atoms with Crippen molar-refractivity contribution in [2.24, 2.45) is 0 Å². The van der Waals surface area contributed by atoms with Crippen LogP contribution in [-0.2, 0) is 16.0 Å². The standard InChI is InChI=1S/C18H23N3O5/c1-12(2)21(8-9-23-3)17(22)7-6-16-19-20-18(26-16)13-4-5-14-15(10-13)25-11-24-14/h4-5,10,12H,6-9,11H2,1-3H3. The minimum atomic E-state index is 0.0416. The summed E-state index contributed by atoms with van der Waals surface area (Å²) in [5.74, 6) is 2.22. The second-order valence-electron chi connectivity index (χ2n) is 6.24. The van der Waals surface area contributed by atoms with Crippen LogP contribution in [0.25, 0.3) is 11.5 Å². The molecule has 1 aliphatic rings. The Labute approximate surface area is 152 Å². The molecule has 0 saturated carbocycles. The van der Waals surface area contributed by atoms with Crippen LogP contribution in [0.5, 0.6) is 11.5 Å². The van der Waals surface area contributed by atoms with Crippen molar-refractivity contribution in [2.45, 2.75) is 32.7 Å². The fourth-order valence-corrected chi connectivity index (χ4v) is 2.72. The number of amides is 1. The number of benzene rings is 1. The van der Waals surface area contributed by atoms with Crippen molar-refractivity contribution in [3.05, 3.63) is 24.1 Å². The molecule has 0 saturated heterocycles. The van der Waals surface area contributed by atoms with Gasteiger partial charge in [0.15, 0.2) is 11.5 Å². The maximum atomic E-state index is 12.4. The quantitative estimate of drug-likeness (QED) is 0.713. The first kappa shape index (κ1) is 18.2. The fraction of sp³-hybridized carbons (Fsp3) is 0.500. The summed E-state index contributed by atoms with van der Waals surface area (Å²) in [5, 5.41) is 8.10. The van der Waals surface area contributed by atoms with E-state index in [9.17, 15) is 4.79 Å². The first-order valence-corrected chi connectivity index (χ1v) is 8.59. The molecule has 8 nitrogen and oxygen atoms in total. The van der Waals surface area contributed by atoms with E-state index < -0.39 is 0 Å². The van der Waals surface area contributed by atoms with E-state index in [1.807, 2.05) is 19.9 Å². The van der Waals surface area contributed by atoms with Crippen LogP contribution in [0, 0.1) is 0 Å². The van der Waals surface area contributed by atoms with Gasteiger partial charge in [0, 0.05) is 38.1 Å². The van der Waals surface area contributed by atoms with E-state index in [1.165, 1.54) is 0 Å². The van der Waals surface area contributed by atoms with Gasteiger partial charge >= 0.3 is 0 Å². The van der Waals surface area contributed by atoms with Crippen molar-refractivity contribution < 1.29 is 23.4 Å². The molecule has 0 bridgehead atoms. The van der Waals surface area contributed by atoms with Gasteiger partial charge in [-0.15, -0.1) is 10.2 Å². The third-order valence-electron chi connectivity index (χ3n) is 4.12. The fourth-order valence-electron chi connectivity index (χ4n) is 2.72. The van der Waals surface area contributed by atoms with Gasteiger partial charge in [0.1, 0.15) is 0 Å². The number of hydrogen-bond acceptors (Lipinski definition) is 7. The van der Waals surface area contributed by atoms with Crippen molar-refractivity contribution in [2.75, 3.05) is 27.1 Å². The van der Waals surface area contributed by atoms with Crippen LogP contribution in [0.3, 0.4) is 0 Å². The van der Waals surface area contributed by atoms with Gasteiger partial charge in [0.25, 0.3) is 0 Å². The van der Waals surface area contributed by atoms with Crippen LogP contribution < -0.4 is 9.47 Å². The lowest BCUT2D eigenvalue weighted by Gasteiger charge is -2.26. The number of hydrogen-bond donors (Lipinski definition) is 0. The number of nitrogens with zero attached hydrogens (tertiary/aromatic N) is 3. The monoisotopic (exact) mass is 361 g/mol. The Kier molecular flexibility index (Phi) is 5.72. The van der Waals surface area contributed by atoms with Crippen LogP contribution in [0.2, 0.25) is 0 Å². The molecule has 0 fully saturated rings. The van der Waals surface area contributed by atoms with E-state index in [4.69, 9.17) is 18.6 Å². The summed E-state index contributed by atoms with van der Waals surface area (Å²) >= 11 is 0. The Morgan fingerprint density at radius 2 is 2.08 bits per heavy atom. The molecule has 26 heavy (non-hydrogen) atoms. The highest BCUT2D eigenvalue weighted by Gasteiger charge is 2.19. The van der Waals surface area contributed by atoms with Gasteiger partial charge in [-0.25, -0.2) is 0 Å². The second-order valence-corrected chi connectivity index (χ2v) is 6.24. The summed E-state index contributed by atoms with van der Waals surface area (Å²) in [6.45, 7) is 5.26. The number of ether oxygens (including phenoxy) is 3. The predicted molar refractivity (Wildman–Crippen MR) is 92.9 cm³/mol. The summed E-state index contributed by atoms with van der Waals surface area (Å²) in [6, 6.07) is 5.56. The van der Waals surface area contributed by atoms with Crippen molar-refractivity contribution in [1.82, 2.24) is 15.1 Å². The van der Waals surface area contributed by atoms with Gasteiger partial charge in [0.05, 0.1) is 6.61 Å². The molecule has 8 heteroatoms. The highest BCUT2D eigenvalue weighted by Crippen LogP contribution is 2.35. The molecule has 2 aromatic rings. The van der Waals surface area contributed by atoms with Crippen molar-refractivity contribution >= 4 is 5.91 Å². The third kappa shape index (κ3) is 4.13. The van der Waals surface area contributed by atoms with Crippen molar-refractivity contribution in [1.29, 1.82) is 0 Å². The van der Waals surface area contributed by atoms with E-state index in [1.54, 1.807) is 24.1 Å². The topological polar surface area (TPSA) is 86.9 Å². The van der Waals surface area contributed by atoms with Gasteiger partial charge in [-0.1, -0.05) is 0 Å². The number of methoxy groups -OCH3 is 1. The average Bonchev–Trinajstić information content (AvgIpc) is 3.28. The number of fused-ring (bicyclic) bond motifs is 1. The SMILES string of the molecule is COCCN(C(=O)CCc1nnc(-c2ccc3c(c2)OCO3)o1)C(C)C. The zero-order valence-corrected chi connectivity index (χ0v) is 15.2. The van der Waals surface area contributed by atoms with E-state index in [0.717, 1.165) is 5.56 Å². The number of carbonyl (C=O) groups is 1. The lowest BCUT2D eigenvalue weighted by atomic mass is 10.2. The van der Waals surface area contributed by atoms with Crippen LogP contribution >= 0.6 is 0 Å². The highest BCUT2D eigenvalue weighted by atomic mass is 16.7. The molecule has 0 radical (unpaired) electrons. The van der Waals surface area contributed by atoms with E-state index >= 15 is 0 Å². The van der Waals surface area contributed by atoms with Gasteiger partial charge in [0.2, 0.25) is 24.5 Å². The molecule has 0 N–H and O–H groups in total. The van der Waals surface area contributed by atoms with Crippen LogP contribution in [-0.4, -0.2) is 54.1 Å². The summed E-state index contributed by atoms with van der Waals surface area (Å²) in [5.41, 5.74) is 0.753. The predicted octanol–water partition coefficient (Wildman–Crippen LogP) is 2.28. The van der Waals surface area contributed by atoms with Crippen LogP contribution in [0.4, 0.5) is 0 Å². The van der Waals surface area contributed by atoms with Gasteiger partial charge in [-0.3, -0.25) is 4.79 Å². The zero-order valence-electron chi connectivity index (χ0n) is 15.2. The Morgan fingerprint density at radius 1 is 1.27 bits per heavy atom. The van der Waals surface area contributed by atoms with Gasteiger partial charge in [-0.2, -0.15) is 0 Å². The van der Waals surface area contributed by atoms with E-state index in [2.05, 4.69) is 10.2 Å². The summed E-state index contributed by atoms with van der Waals surface area (Å²) < 4.78 is 21.4. The normalized spacial score (nSPS) is 12.6. The molecule has 1 amide bonds. The second kappa shape index (κ2) is 8.18. The molecular formula is C18H23N3O5. The molecule has 2 heterocycles. The summed E-state index contributed by atoms with van der Waals surface area (Å²) in [7, 11) is 1.62. The van der Waals surface area contributed by atoms with E-state index in [-0.39, 0.29) is 18.7 Å². The molecule has 0 atom stereocenters. The third-order valence-corrected chi connectivity index (χ3v) is 4.12. The number of carbonyl (C=O) groups excluding carboxylic acids is 1. The lowest BCUT2D eigenvalue weighted by molar-refractivity contribution is -0.133. The van der Waals surface area contributed by atoms with Crippen LogP contribution in [0.1, 0.15) is 26.2 Å². The zero-order chi connectivity index (χ0) is 18.5. The lowest BCUT2D eigenvalue weighted by Crippen LogP contribution is -2.39. The molecule has 0 unspecified atom stereocenters. The first-order chi connectivity index (χ1) is 12.6. The largest absolute Gasteiger partial charge is 0.454 e. The maximum absolute atomic E-state index is 12.4. The molecule has 1 aromatic carbocycles. The minimum absolute atomic E-state index is 0.0416. The van der Waals surface area contributed by atoms with Crippen molar-refractivity contribution in [3.63, 3.8) is 0 Å². The Balaban J connectivity index is 1.60. The molecule has 0 aliphatic carbocycles. The minimum Gasteiger partial charge on any atom is -0.454 e. The molecule has 1 aromatic heterocycles. The molecular weight excluding hydrogens is 338 g/mol. The first-order valence-electron chi connectivity index (χ1n) is 8.59. The number of aromatic nitrogens is 2. The smallest absolute Gasteiger partial charge is 0.247 e. The van der Waals surface area contributed by atoms with Crippen molar-refractivity contribution in [3.8, 4) is 23.0 Å². The average molecular weight is 361 g/mol. The Bertz CT molecular complexity index is 759.